The summed E-state index contributed by atoms with van der Waals surface area (Å²) in [5.41, 5.74) is 1.96. The van der Waals surface area contributed by atoms with Crippen molar-refractivity contribution in [1.29, 1.82) is 0 Å². The number of nitrogens with zero attached hydrogens (tertiary/aromatic N) is 2. The molecule has 0 saturated carbocycles. The van der Waals surface area contributed by atoms with E-state index in [1.54, 1.807) is 6.08 Å². The molecule has 1 aliphatic rings. The van der Waals surface area contributed by atoms with Crippen molar-refractivity contribution < 1.29 is 14.4 Å². The van der Waals surface area contributed by atoms with E-state index < -0.39 is 12.0 Å². The fourth-order valence-corrected chi connectivity index (χ4v) is 3.92. The largest absolute Gasteiger partial charge is 0.388 e. The van der Waals surface area contributed by atoms with Gasteiger partial charge in [0.25, 0.3) is 0 Å². The highest BCUT2D eigenvalue weighted by molar-refractivity contribution is 9.11. The van der Waals surface area contributed by atoms with Crippen molar-refractivity contribution in [2.24, 2.45) is 0 Å². The molecule has 2 N–H and O–H groups in total. The van der Waals surface area contributed by atoms with Crippen molar-refractivity contribution in [1.82, 2.24) is 15.5 Å². The van der Waals surface area contributed by atoms with Gasteiger partial charge in [-0.3, -0.25) is 4.79 Å². The lowest BCUT2D eigenvalue weighted by molar-refractivity contribution is 0.0908. The SMILES string of the molecule is C/C=C\C=C/CC(CCNC(=O)c1nc(C2=CCCC(O)C(Br)=C2)no1)c1ccccc1. The van der Waals surface area contributed by atoms with Crippen molar-refractivity contribution >= 4 is 27.4 Å². The molecule has 1 aromatic heterocycles. The van der Waals surface area contributed by atoms with Gasteiger partial charge < -0.3 is 14.9 Å². The van der Waals surface area contributed by atoms with Gasteiger partial charge in [0.15, 0.2) is 0 Å². The molecule has 1 aromatic carbocycles. The highest BCUT2D eigenvalue weighted by Gasteiger charge is 2.20. The third-order valence-corrected chi connectivity index (χ3v) is 5.96. The van der Waals surface area contributed by atoms with Crippen LogP contribution in [-0.4, -0.2) is 33.8 Å². The van der Waals surface area contributed by atoms with E-state index in [9.17, 15) is 9.90 Å². The molecule has 3 rings (SSSR count). The van der Waals surface area contributed by atoms with E-state index in [-0.39, 0.29) is 5.89 Å². The molecule has 2 atom stereocenters. The molecular weight excluding hydrogens is 470 g/mol. The Labute approximate surface area is 196 Å². The van der Waals surface area contributed by atoms with E-state index in [2.05, 4.69) is 49.6 Å². The van der Waals surface area contributed by atoms with E-state index in [4.69, 9.17) is 4.52 Å². The molecule has 0 radical (unpaired) electrons. The van der Waals surface area contributed by atoms with Gasteiger partial charge in [-0.1, -0.05) is 81.8 Å². The van der Waals surface area contributed by atoms with Crippen LogP contribution in [0.25, 0.3) is 5.57 Å². The number of amides is 1. The summed E-state index contributed by atoms with van der Waals surface area (Å²) in [6.45, 7) is 2.48. The number of benzene rings is 1. The predicted octanol–water partition coefficient (Wildman–Crippen LogP) is 5.31. The zero-order chi connectivity index (χ0) is 22.8. The minimum absolute atomic E-state index is 0.0699. The van der Waals surface area contributed by atoms with Gasteiger partial charge in [0, 0.05) is 16.6 Å². The Bertz CT molecular complexity index is 1010. The average molecular weight is 498 g/mol. The number of hydrogen-bond donors (Lipinski definition) is 2. The third kappa shape index (κ3) is 6.87. The molecule has 32 heavy (non-hydrogen) atoms. The van der Waals surface area contributed by atoms with Crippen molar-refractivity contribution in [3.8, 4) is 0 Å². The number of hydrogen-bond acceptors (Lipinski definition) is 5. The van der Waals surface area contributed by atoms with Crippen molar-refractivity contribution in [3.63, 3.8) is 0 Å². The second-order valence-electron chi connectivity index (χ2n) is 7.55. The van der Waals surface area contributed by atoms with Gasteiger partial charge in [0.1, 0.15) is 0 Å². The van der Waals surface area contributed by atoms with Crippen LogP contribution in [0, 0.1) is 0 Å². The summed E-state index contributed by atoms with van der Waals surface area (Å²) >= 11 is 3.37. The Morgan fingerprint density at radius 2 is 2.16 bits per heavy atom. The molecule has 1 aliphatic carbocycles. The van der Waals surface area contributed by atoms with Crippen LogP contribution in [-0.2, 0) is 0 Å². The molecule has 0 saturated heterocycles. The van der Waals surface area contributed by atoms with Crippen molar-refractivity contribution in [3.05, 3.63) is 88.5 Å². The second kappa shape index (κ2) is 12.3. The van der Waals surface area contributed by atoms with Gasteiger partial charge in [-0.2, -0.15) is 4.98 Å². The van der Waals surface area contributed by atoms with Gasteiger partial charge in [-0.25, -0.2) is 0 Å². The molecule has 1 amide bonds. The first-order chi connectivity index (χ1) is 15.6. The summed E-state index contributed by atoms with van der Waals surface area (Å²) in [4.78, 5) is 16.8. The molecule has 0 spiro atoms. The monoisotopic (exact) mass is 497 g/mol. The molecule has 168 valence electrons. The smallest absolute Gasteiger partial charge is 0.316 e. The zero-order valence-electron chi connectivity index (χ0n) is 18.1. The second-order valence-corrected chi connectivity index (χ2v) is 8.46. The van der Waals surface area contributed by atoms with Crippen LogP contribution in [0.4, 0.5) is 0 Å². The number of aliphatic hydroxyl groups excluding tert-OH is 1. The summed E-state index contributed by atoms with van der Waals surface area (Å²) in [6.07, 6.45) is 14.3. The van der Waals surface area contributed by atoms with E-state index in [1.165, 1.54) is 5.56 Å². The normalized spacial score (nSPS) is 17.8. The van der Waals surface area contributed by atoms with Gasteiger partial charge in [0.05, 0.1) is 6.10 Å². The standard InChI is InChI=1S/C25H28BrN3O3/c1-2-3-4-6-12-19(18-10-7-5-8-11-18)15-16-27-24(31)25-28-23(29-32-25)20-13-9-14-22(30)21(26)17-20/h2-8,10-11,13,17,19,22,30H,9,12,14-16H2,1H3,(H,27,31)/b3-2-,6-4-. The topological polar surface area (TPSA) is 88.2 Å². The Hall–Kier alpha value is -2.77. The maximum absolute atomic E-state index is 12.5. The lowest BCUT2D eigenvalue weighted by atomic mass is 9.92. The Morgan fingerprint density at radius 3 is 2.94 bits per heavy atom. The summed E-state index contributed by atoms with van der Waals surface area (Å²) in [6, 6.07) is 10.3. The maximum atomic E-state index is 12.5. The number of allylic oxidation sites excluding steroid dienone is 7. The number of aromatic nitrogens is 2. The summed E-state index contributed by atoms with van der Waals surface area (Å²) < 4.78 is 5.84. The van der Waals surface area contributed by atoms with Crippen LogP contribution in [0.1, 0.15) is 60.6 Å². The van der Waals surface area contributed by atoms with Gasteiger partial charge in [0.2, 0.25) is 5.82 Å². The molecule has 6 nitrogen and oxygen atoms in total. The van der Waals surface area contributed by atoms with Crippen LogP contribution in [0.5, 0.6) is 0 Å². The molecular formula is C25H28BrN3O3. The van der Waals surface area contributed by atoms with Gasteiger partial charge in [-0.15, -0.1) is 0 Å². The number of nitrogens with one attached hydrogen (secondary N) is 1. The number of carbonyl (C=O) groups is 1. The molecule has 2 unspecified atom stereocenters. The maximum Gasteiger partial charge on any atom is 0.316 e. The average Bonchev–Trinajstić information content (AvgIpc) is 3.24. The van der Waals surface area contributed by atoms with Crippen molar-refractivity contribution in [2.45, 2.75) is 44.6 Å². The quantitative estimate of drug-likeness (QED) is 0.458. The van der Waals surface area contributed by atoms with Crippen LogP contribution in [0.15, 0.2) is 75.8 Å². The first-order valence-electron chi connectivity index (χ1n) is 10.8. The third-order valence-electron chi connectivity index (χ3n) is 5.20. The van der Waals surface area contributed by atoms with E-state index in [1.807, 2.05) is 49.4 Å². The highest BCUT2D eigenvalue weighted by Crippen LogP contribution is 2.27. The zero-order valence-corrected chi connectivity index (χ0v) is 19.7. The Kier molecular flexibility index (Phi) is 9.19. The van der Waals surface area contributed by atoms with Crippen LogP contribution >= 0.6 is 15.9 Å². The molecule has 1 heterocycles. The summed E-state index contributed by atoms with van der Waals surface area (Å²) in [5, 5.41) is 16.8. The van der Waals surface area contributed by atoms with E-state index in [0.29, 0.717) is 41.2 Å². The first-order valence-corrected chi connectivity index (χ1v) is 11.6. The highest BCUT2D eigenvalue weighted by atomic mass is 79.9. The molecule has 0 aliphatic heterocycles. The lowest BCUT2D eigenvalue weighted by Gasteiger charge is -2.15. The fourth-order valence-electron chi connectivity index (χ4n) is 3.44. The number of carbonyl (C=O) groups excluding carboxylic acids is 1. The van der Waals surface area contributed by atoms with E-state index >= 15 is 0 Å². The van der Waals surface area contributed by atoms with Crippen LogP contribution < -0.4 is 5.32 Å². The number of aliphatic hydroxyl groups is 1. The van der Waals surface area contributed by atoms with Crippen LogP contribution in [0.3, 0.4) is 0 Å². The number of rotatable bonds is 9. The summed E-state index contributed by atoms with van der Waals surface area (Å²) in [5.74, 6) is 0.163. The molecule has 0 fully saturated rings. The van der Waals surface area contributed by atoms with E-state index in [0.717, 1.165) is 12.8 Å². The Balaban J connectivity index is 1.59. The van der Waals surface area contributed by atoms with Gasteiger partial charge >= 0.3 is 11.8 Å². The minimum atomic E-state index is -0.552. The minimum Gasteiger partial charge on any atom is -0.388 e. The predicted molar refractivity (Wildman–Crippen MR) is 129 cm³/mol. The van der Waals surface area contributed by atoms with Crippen molar-refractivity contribution in [2.75, 3.05) is 6.54 Å². The molecule has 2 aromatic rings. The summed E-state index contributed by atoms with van der Waals surface area (Å²) in [7, 11) is 0. The van der Waals surface area contributed by atoms with Crippen LogP contribution in [0.2, 0.25) is 0 Å². The first kappa shape index (κ1) is 23.9. The number of halogens is 1. The van der Waals surface area contributed by atoms with Gasteiger partial charge in [-0.05, 0) is 50.2 Å². The Morgan fingerprint density at radius 1 is 1.34 bits per heavy atom. The lowest BCUT2D eigenvalue weighted by Crippen LogP contribution is -2.26. The molecule has 7 heteroatoms. The fraction of sp³-hybridized carbons (Fsp3) is 0.320. The molecule has 0 bridgehead atoms.